The first-order chi connectivity index (χ1) is 14.7. The van der Waals surface area contributed by atoms with Crippen molar-refractivity contribution in [3.05, 3.63) is 53.1 Å². The predicted molar refractivity (Wildman–Crippen MR) is 111 cm³/mol. The Kier molecular flexibility index (Phi) is 4.77. The molecular weight excluding hydrogens is 380 g/mol. The Morgan fingerprint density at radius 3 is 2.83 bits per heavy atom. The number of nitrogens with zero attached hydrogens (tertiary/aromatic N) is 8. The summed E-state index contributed by atoms with van der Waals surface area (Å²) in [5, 5.41) is 14.2. The number of piperazine rings is 1. The minimum Gasteiger partial charge on any atom is -0.472 e. The van der Waals surface area contributed by atoms with E-state index in [2.05, 4.69) is 43.9 Å². The molecule has 1 atom stereocenters. The maximum absolute atomic E-state index is 9.70. The quantitative estimate of drug-likeness (QED) is 0.656. The first-order valence-corrected chi connectivity index (χ1v) is 10.0. The number of hydrogen-bond donors (Lipinski definition) is 0. The Balaban J connectivity index is 1.32. The van der Waals surface area contributed by atoms with E-state index in [1.807, 2.05) is 24.5 Å². The van der Waals surface area contributed by atoms with Gasteiger partial charge in [0.2, 0.25) is 0 Å². The third kappa shape index (κ3) is 3.35. The molecule has 5 heterocycles. The molecule has 0 radical (unpaired) electrons. The van der Waals surface area contributed by atoms with Gasteiger partial charge in [0.05, 0.1) is 12.2 Å². The lowest BCUT2D eigenvalue weighted by Gasteiger charge is -2.35. The summed E-state index contributed by atoms with van der Waals surface area (Å²) in [5.41, 5.74) is 3.97. The van der Waals surface area contributed by atoms with Gasteiger partial charge in [0.1, 0.15) is 23.1 Å². The number of aryl methyl sites for hydroxylation is 1. The van der Waals surface area contributed by atoms with Crippen LogP contribution in [-0.2, 0) is 11.3 Å². The normalized spacial score (nSPS) is 19.2. The Labute approximate surface area is 174 Å². The molecule has 0 saturated carbocycles. The molecule has 1 unspecified atom stereocenters. The first kappa shape index (κ1) is 18.5. The van der Waals surface area contributed by atoms with E-state index < -0.39 is 0 Å². The fourth-order valence-corrected chi connectivity index (χ4v) is 3.93. The van der Waals surface area contributed by atoms with E-state index in [9.17, 15) is 5.26 Å². The topological polar surface area (TPSA) is 94.9 Å². The van der Waals surface area contributed by atoms with Crippen molar-refractivity contribution in [2.45, 2.75) is 19.6 Å². The number of fused-ring (bicyclic) bond motifs is 1. The van der Waals surface area contributed by atoms with Gasteiger partial charge in [-0.3, -0.25) is 14.9 Å². The van der Waals surface area contributed by atoms with Gasteiger partial charge in [0, 0.05) is 45.1 Å². The Hall–Kier alpha value is -3.51. The van der Waals surface area contributed by atoms with Gasteiger partial charge in [-0.25, -0.2) is 9.50 Å². The summed E-state index contributed by atoms with van der Waals surface area (Å²) >= 11 is 0. The van der Waals surface area contributed by atoms with Crippen LogP contribution in [0.1, 0.15) is 28.6 Å². The van der Waals surface area contributed by atoms with E-state index >= 15 is 0 Å². The molecule has 1 fully saturated rings. The molecule has 2 aliphatic rings. The SMILES string of the molecule is Cc1cccnc1CN1CCN(c2ccn3nc(C4CN=CO4)c(C#N)c3n2)CC1. The Morgan fingerprint density at radius 2 is 2.10 bits per heavy atom. The van der Waals surface area contributed by atoms with E-state index in [0.29, 0.717) is 23.4 Å². The molecule has 0 aromatic carbocycles. The lowest BCUT2D eigenvalue weighted by molar-refractivity contribution is 0.233. The predicted octanol–water partition coefficient (Wildman–Crippen LogP) is 1.73. The summed E-state index contributed by atoms with van der Waals surface area (Å²) in [4.78, 5) is 18.0. The number of hydrogen-bond acceptors (Lipinski definition) is 8. The molecule has 5 rings (SSSR count). The maximum Gasteiger partial charge on any atom is 0.175 e. The number of anilines is 1. The van der Waals surface area contributed by atoms with Crippen molar-refractivity contribution in [1.29, 1.82) is 5.26 Å². The zero-order chi connectivity index (χ0) is 20.5. The number of aromatic nitrogens is 4. The molecule has 2 aliphatic heterocycles. The lowest BCUT2D eigenvalue weighted by atomic mass is 10.1. The highest BCUT2D eigenvalue weighted by Gasteiger charge is 2.26. The van der Waals surface area contributed by atoms with E-state index in [4.69, 9.17) is 9.72 Å². The fraction of sp³-hybridized carbons (Fsp3) is 0.381. The van der Waals surface area contributed by atoms with Crippen LogP contribution in [0, 0.1) is 18.3 Å². The molecule has 3 aromatic rings. The molecule has 1 saturated heterocycles. The monoisotopic (exact) mass is 402 g/mol. The number of nitriles is 1. The van der Waals surface area contributed by atoms with Crippen LogP contribution in [0.4, 0.5) is 5.82 Å². The van der Waals surface area contributed by atoms with Crippen molar-refractivity contribution < 1.29 is 4.74 Å². The summed E-state index contributed by atoms with van der Waals surface area (Å²) in [6, 6.07) is 8.28. The molecule has 0 bridgehead atoms. The highest BCUT2D eigenvalue weighted by Crippen LogP contribution is 2.26. The van der Waals surface area contributed by atoms with Crippen LogP contribution >= 0.6 is 0 Å². The van der Waals surface area contributed by atoms with Gasteiger partial charge in [-0.1, -0.05) is 6.07 Å². The average Bonchev–Trinajstić information content (AvgIpc) is 3.43. The number of rotatable bonds is 4. The van der Waals surface area contributed by atoms with Crippen LogP contribution < -0.4 is 4.90 Å². The van der Waals surface area contributed by atoms with Crippen molar-refractivity contribution in [2.24, 2.45) is 4.99 Å². The van der Waals surface area contributed by atoms with Crippen molar-refractivity contribution >= 4 is 17.9 Å². The summed E-state index contributed by atoms with van der Waals surface area (Å²) < 4.78 is 7.11. The lowest BCUT2D eigenvalue weighted by Crippen LogP contribution is -2.46. The van der Waals surface area contributed by atoms with E-state index in [-0.39, 0.29) is 6.10 Å². The van der Waals surface area contributed by atoms with Crippen LogP contribution in [0.2, 0.25) is 0 Å². The van der Waals surface area contributed by atoms with Gasteiger partial charge in [-0.15, -0.1) is 0 Å². The molecule has 9 heteroatoms. The van der Waals surface area contributed by atoms with Gasteiger partial charge in [-0.05, 0) is 24.6 Å². The van der Waals surface area contributed by atoms with Crippen molar-refractivity contribution in [2.75, 3.05) is 37.6 Å². The molecule has 0 amide bonds. The first-order valence-electron chi connectivity index (χ1n) is 10.0. The molecule has 3 aromatic heterocycles. The minimum atomic E-state index is -0.316. The zero-order valence-corrected chi connectivity index (χ0v) is 16.8. The number of ether oxygens (including phenoxy) is 1. The number of aliphatic imine (C=N–C) groups is 1. The third-order valence-electron chi connectivity index (χ3n) is 5.67. The molecule has 9 nitrogen and oxygen atoms in total. The third-order valence-corrected chi connectivity index (χ3v) is 5.67. The van der Waals surface area contributed by atoms with Gasteiger partial charge in [0.15, 0.2) is 18.2 Å². The molecule has 0 N–H and O–H groups in total. The van der Waals surface area contributed by atoms with Gasteiger partial charge < -0.3 is 9.64 Å². The number of pyridine rings is 1. The van der Waals surface area contributed by atoms with Crippen LogP contribution in [0.5, 0.6) is 0 Å². The smallest absolute Gasteiger partial charge is 0.175 e. The van der Waals surface area contributed by atoms with Crippen molar-refractivity contribution in [3.63, 3.8) is 0 Å². The van der Waals surface area contributed by atoms with Gasteiger partial charge >= 0.3 is 0 Å². The largest absolute Gasteiger partial charge is 0.472 e. The van der Waals surface area contributed by atoms with E-state index in [0.717, 1.165) is 44.2 Å². The van der Waals surface area contributed by atoms with Gasteiger partial charge in [-0.2, -0.15) is 10.4 Å². The summed E-state index contributed by atoms with van der Waals surface area (Å²) in [5.74, 6) is 0.864. The highest BCUT2D eigenvalue weighted by atomic mass is 16.5. The molecule has 0 aliphatic carbocycles. The Bertz CT molecular complexity index is 1130. The minimum absolute atomic E-state index is 0.316. The average molecular weight is 402 g/mol. The molecule has 0 spiro atoms. The second kappa shape index (κ2) is 7.72. The van der Waals surface area contributed by atoms with Gasteiger partial charge in [0.25, 0.3) is 0 Å². The molecule has 30 heavy (non-hydrogen) atoms. The van der Waals surface area contributed by atoms with Crippen LogP contribution in [0.3, 0.4) is 0 Å². The summed E-state index contributed by atoms with van der Waals surface area (Å²) in [6.07, 6.45) is 4.82. The summed E-state index contributed by atoms with van der Waals surface area (Å²) in [6.45, 7) is 7.06. The van der Waals surface area contributed by atoms with Crippen LogP contribution in [0.15, 0.2) is 35.6 Å². The second-order valence-corrected chi connectivity index (χ2v) is 7.55. The van der Waals surface area contributed by atoms with E-state index in [1.54, 1.807) is 4.52 Å². The second-order valence-electron chi connectivity index (χ2n) is 7.55. The van der Waals surface area contributed by atoms with E-state index in [1.165, 1.54) is 12.0 Å². The highest BCUT2D eigenvalue weighted by molar-refractivity contribution is 5.62. The van der Waals surface area contributed by atoms with Crippen molar-refractivity contribution in [3.8, 4) is 6.07 Å². The maximum atomic E-state index is 9.70. The zero-order valence-electron chi connectivity index (χ0n) is 16.8. The van der Waals surface area contributed by atoms with Crippen LogP contribution in [-0.4, -0.2) is 63.6 Å². The Morgan fingerprint density at radius 1 is 1.23 bits per heavy atom. The molecule has 152 valence electrons. The molecular formula is C21H22N8O. The fourth-order valence-electron chi connectivity index (χ4n) is 3.93. The summed E-state index contributed by atoms with van der Waals surface area (Å²) in [7, 11) is 0. The standard InChI is InChI=1S/C21H22N8O/c1-15-3-2-5-24-17(15)13-27-7-9-28(10-8-27)19-4-6-29-21(25-19)16(11-22)20(26-29)18-12-23-14-30-18/h2-6,14,18H,7-10,12-13H2,1H3. The van der Waals surface area contributed by atoms with Crippen molar-refractivity contribution in [1.82, 2.24) is 24.5 Å². The van der Waals surface area contributed by atoms with Crippen LogP contribution in [0.25, 0.3) is 5.65 Å².